The van der Waals surface area contributed by atoms with E-state index in [9.17, 15) is 9.59 Å². The summed E-state index contributed by atoms with van der Waals surface area (Å²) in [5.41, 5.74) is 0. The molecule has 1 aliphatic rings. The van der Waals surface area contributed by atoms with E-state index in [-0.39, 0.29) is 12.8 Å². The van der Waals surface area contributed by atoms with Gasteiger partial charge >= 0.3 is 11.9 Å². The third-order valence-corrected chi connectivity index (χ3v) is 12.1. The Hall–Kier alpha value is -2.16. The molecule has 0 radical (unpaired) electrons. The Morgan fingerprint density at radius 2 is 0.403 bits per heavy atom. The summed E-state index contributed by atoms with van der Waals surface area (Å²) < 4.78 is 4.08. The van der Waals surface area contributed by atoms with Gasteiger partial charge < -0.3 is 4.74 Å². The Balaban J connectivity index is -0.000000231. The van der Waals surface area contributed by atoms with Crippen molar-refractivity contribution in [3.8, 4) is 0 Å². The van der Waals surface area contributed by atoms with Gasteiger partial charge in [-0.05, 0) is 64.2 Å². The van der Waals surface area contributed by atoms with Crippen molar-refractivity contribution in [2.75, 3.05) is 0 Å². The third-order valence-electron chi connectivity index (χ3n) is 12.1. The topological polar surface area (TPSA) is 43.4 Å². The summed E-state index contributed by atoms with van der Waals surface area (Å²) in [5.74, 6) is -0.796. The predicted molar refractivity (Wildman–Crippen MR) is 307 cm³/mol. The van der Waals surface area contributed by atoms with Crippen molar-refractivity contribution in [2.45, 2.75) is 336 Å². The van der Waals surface area contributed by atoms with E-state index >= 15 is 0 Å². The van der Waals surface area contributed by atoms with E-state index in [2.05, 4.69) is 72.3 Å². The standard InChI is InChI=1S/5C12H24.C4H4O3/c5*1-3-5-7-9-11-12-10-8-6-4-2;5-3-1-2-4(6)7-3/h5*3H,1,4-12H2,2H3;1-2H2. The number of ether oxygens (including phenoxy) is 1. The molecule has 0 aromatic carbocycles. The Morgan fingerprint density at radius 3 is 0.507 bits per heavy atom. The second-order valence-electron chi connectivity index (χ2n) is 19.1. The quantitative estimate of drug-likeness (QED) is 0.0264. The molecule has 0 aromatic rings. The number of cyclic esters (lactones) is 2. The number of unbranched alkanes of at least 4 members (excludes halogenated alkanes) is 40. The van der Waals surface area contributed by atoms with E-state index in [1.54, 1.807) is 0 Å². The molecule has 1 rings (SSSR count). The van der Waals surface area contributed by atoms with Crippen LogP contribution in [-0.4, -0.2) is 11.9 Å². The minimum absolute atomic E-state index is 0.263. The molecule has 0 saturated carbocycles. The van der Waals surface area contributed by atoms with Crippen LogP contribution in [0.25, 0.3) is 0 Å². The van der Waals surface area contributed by atoms with E-state index in [0.29, 0.717) is 0 Å². The van der Waals surface area contributed by atoms with Crippen LogP contribution in [0.3, 0.4) is 0 Å². The fourth-order valence-corrected chi connectivity index (χ4v) is 7.55. The molecular formula is C64H124O3. The lowest BCUT2D eigenvalue weighted by atomic mass is 10.1. The highest BCUT2D eigenvalue weighted by atomic mass is 16.6. The third kappa shape index (κ3) is 90.8. The van der Waals surface area contributed by atoms with Crippen LogP contribution in [0.4, 0.5) is 0 Å². The number of carbonyl (C=O) groups excluding carboxylic acids is 2. The largest absolute Gasteiger partial charge is 0.393 e. The van der Waals surface area contributed by atoms with Gasteiger partial charge in [-0.25, -0.2) is 0 Å². The van der Waals surface area contributed by atoms with Gasteiger partial charge in [0.2, 0.25) is 0 Å². The summed E-state index contributed by atoms with van der Waals surface area (Å²) in [6.07, 6.45) is 73.1. The number of carbonyl (C=O) groups is 2. The fourth-order valence-electron chi connectivity index (χ4n) is 7.55. The zero-order valence-corrected chi connectivity index (χ0v) is 46.9. The highest BCUT2D eigenvalue weighted by Gasteiger charge is 2.19. The Kier molecular flexibility index (Phi) is 85.9. The van der Waals surface area contributed by atoms with Crippen molar-refractivity contribution in [2.24, 2.45) is 0 Å². The number of allylic oxidation sites excluding steroid dienone is 5. The van der Waals surface area contributed by atoms with E-state index in [0.717, 1.165) is 0 Å². The Labute approximate surface area is 424 Å². The maximum absolute atomic E-state index is 10.0. The van der Waals surface area contributed by atoms with Gasteiger partial charge in [-0.15, -0.1) is 32.9 Å². The van der Waals surface area contributed by atoms with E-state index in [1.165, 1.54) is 289 Å². The van der Waals surface area contributed by atoms with Gasteiger partial charge in [-0.3, -0.25) is 9.59 Å². The molecule has 0 aromatic heterocycles. The first-order valence-electron chi connectivity index (χ1n) is 29.6. The van der Waals surface area contributed by atoms with Crippen molar-refractivity contribution in [3.63, 3.8) is 0 Å². The zero-order valence-electron chi connectivity index (χ0n) is 46.9. The summed E-state index contributed by atoms with van der Waals surface area (Å²) in [6, 6.07) is 0. The lowest BCUT2D eigenvalue weighted by molar-refractivity contribution is -0.151. The summed E-state index contributed by atoms with van der Waals surface area (Å²) >= 11 is 0. The first kappa shape index (κ1) is 73.8. The van der Waals surface area contributed by atoms with E-state index in [1.807, 2.05) is 30.4 Å². The van der Waals surface area contributed by atoms with Gasteiger partial charge in [-0.1, -0.05) is 290 Å². The van der Waals surface area contributed by atoms with Gasteiger partial charge in [0.1, 0.15) is 0 Å². The lowest BCUT2D eigenvalue weighted by Gasteiger charge is -1.99. The van der Waals surface area contributed by atoms with Gasteiger partial charge in [0.25, 0.3) is 0 Å². The van der Waals surface area contributed by atoms with Crippen LogP contribution in [0.15, 0.2) is 63.3 Å². The van der Waals surface area contributed by atoms with Gasteiger partial charge in [0.15, 0.2) is 0 Å². The van der Waals surface area contributed by atoms with Gasteiger partial charge in [0.05, 0.1) is 12.8 Å². The Bertz CT molecular complexity index is 781. The minimum Gasteiger partial charge on any atom is -0.393 e. The molecule has 67 heavy (non-hydrogen) atoms. The van der Waals surface area contributed by atoms with Crippen LogP contribution < -0.4 is 0 Å². The molecule has 1 aliphatic heterocycles. The van der Waals surface area contributed by atoms with Crippen LogP contribution in [0, 0.1) is 0 Å². The first-order chi connectivity index (χ1) is 32.9. The van der Waals surface area contributed by atoms with Crippen LogP contribution in [0.5, 0.6) is 0 Å². The summed E-state index contributed by atoms with van der Waals surface area (Å²) in [5, 5.41) is 0. The molecule has 0 spiro atoms. The molecular weight excluding hydrogens is 817 g/mol. The second-order valence-corrected chi connectivity index (χ2v) is 19.1. The van der Waals surface area contributed by atoms with Gasteiger partial charge in [0, 0.05) is 0 Å². The number of rotatable bonds is 45. The van der Waals surface area contributed by atoms with Crippen LogP contribution in [0.2, 0.25) is 0 Å². The molecule has 1 fully saturated rings. The average molecular weight is 942 g/mol. The average Bonchev–Trinajstić information content (AvgIpc) is 3.73. The van der Waals surface area contributed by atoms with Crippen molar-refractivity contribution < 1.29 is 14.3 Å². The summed E-state index contributed by atoms with van der Waals surface area (Å²) in [7, 11) is 0. The lowest BCUT2D eigenvalue weighted by Crippen LogP contribution is -1.94. The zero-order chi connectivity index (χ0) is 50.6. The fraction of sp³-hybridized carbons (Fsp3) is 0.812. The molecule has 0 N–H and O–H groups in total. The number of hydrogen-bond donors (Lipinski definition) is 0. The molecule has 0 atom stereocenters. The van der Waals surface area contributed by atoms with E-state index in [4.69, 9.17) is 0 Å². The van der Waals surface area contributed by atoms with Gasteiger partial charge in [-0.2, -0.15) is 0 Å². The van der Waals surface area contributed by atoms with Crippen LogP contribution in [0.1, 0.15) is 336 Å². The van der Waals surface area contributed by atoms with Crippen molar-refractivity contribution in [1.82, 2.24) is 0 Å². The molecule has 0 bridgehead atoms. The second kappa shape index (κ2) is 78.0. The molecule has 1 heterocycles. The van der Waals surface area contributed by atoms with Crippen molar-refractivity contribution in [3.05, 3.63) is 63.3 Å². The first-order valence-corrected chi connectivity index (χ1v) is 29.6. The normalized spacial score (nSPS) is 11.1. The maximum atomic E-state index is 10.0. The van der Waals surface area contributed by atoms with E-state index < -0.39 is 11.9 Å². The summed E-state index contributed by atoms with van der Waals surface area (Å²) in [6.45, 7) is 29.9. The highest BCUT2D eigenvalue weighted by molar-refractivity contribution is 5.92. The predicted octanol–water partition coefficient (Wildman–Crippen LogP) is 23.4. The van der Waals surface area contributed by atoms with Crippen LogP contribution in [-0.2, 0) is 14.3 Å². The maximum Gasteiger partial charge on any atom is 0.314 e. The number of esters is 2. The number of hydrogen-bond acceptors (Lipinski definition) is 3. The summed E-state index contributed by atoms with van der Waals surface area (Å²) in [4.78, 5) is 20.0. The SMILES string of the molecule is C=CCCCCCCCCCC.C=CCCCCCCCCCC.C=CCCCCCCCCCC.C=CCCCCCCCCCC.C=CCCCCCCCCCC.O=C1CCC(=O)O1. The molecule has 398 valence electrons. The highest BCUT2D eigenvalue weighted by Crippen LogP contribution is 2.13. The smallest absolute Gasteiger partial charge is 0.314 e. The molecule has 3 nitrogen and oxygen atoms in total. The Morgan fingerprint density at radius 1 is 0.269 bits per heavy atom. The molecule has 0 amide bonds. The molecule has 0 aliphatic carbocycles. The van der Waals surface area contributed by atoms with Crippen LogP contribution >= 0.6 is 0 Å². The molecule has 0 unspecified atom stereocenters. The molecule has 3 heteroatoms. The monoisotopic (exact) mass is 941 g/mol. The molecule has 1 saturated heterocycles. The minimum atomic E-state index is -0.398. The van der Waals surface area contributed by atoms with Crippen molar-refractivity contribution in [1.29, 1.82) is 0 Å². The van der Waals surface area contributed by atoms with Crippen molar-refractivity contribution >= 4 is 11.9 Å².